The number of rotatable bonds is 4. The van der Waals surface area contributed by atoms with Gasteiger partial charge in [-0.3, -0.25) is 0 Å². The molecule has 0 aliphatic heterocycles. The SMILES string of the molecule is C[C@H]([NH2+][C@@H]1CCCc2c1[nH]c1ccc(-c3ccccc3)cc21)c1ccccc1. The van der Waals surface area contributed by atoms with Crippen molar-refractivity contribution in [3.05, 3.63) is 95.7 Å². The third kappa shape index (κ3) is 3.14. The summed E-state index contributed by atoms with van der Waals surface area (Å²) >= 11 is 0. The minimum Gasteiger partial charge on any atom is -0.353 e. The van der Waals surface area contributed by atoms with Gasteiger partial charge in [0.25, 0.3) is 0 Å². The summed E-state index contributed by atoms with van der Waals surface area (Å²) in [5.41, 5.74) is 8.24. The molecule has 4 aromatic rings. The maximum atomic E-state index is 3.77. The average Bonchev–Trinajstić information content (AvgIpc) is 3.14. The van der Waals surface area contributed by atoms with Gasteiger partial charge in [0.1, 0.15) is 12.1 Å². The molecule has 0 radical (unpaired) electrons. The van der Waals surface area contributed by atoms with Gasteiger partial charge in [-0.25, -0.2) is 0 Å². The summed E-state index contributed by atoms with van der Waals surface area (Å²) in [5.74, 6) is 0. The molecule has 0 bridgehead atoms. The number of benzene rings is 3. The van der Waals surface area contributed by atoms with E-state index in [4.69, 9.17) is 0 Å². The predicted octanol–water partition coefficient (Wildman–Crippen LogP) is 5.54. The number of hydrogen-bond donors (Lipinski definition) is 2. The van der Waals surface area contributed by atoms with Crippen molar-refractivity contribution in [1.82, 2.24) is 4.98 Å². The highest BCUT2D eigenvalue weighted by Gasteiger charge is 2.28. The zero-order chi connectivity index (χ0) is 18.9. The highest BCUT2D eigenvalue weighted by Crippen LogP contribution is 2.35. The fourth-order valence-corrected chi connectivity index (χ4v) is 4.72. The van der Waals surface area contributed by atoms with Crippen LogP contribution < -0.4 is 5.32 Å². The molecule has 0 unspecified atom stereocenters. The van der Waals surface area contributed by atoms with Crippen molar-refractivity contribution in [3.8, 4) is 11.1 Å². The summed E-state index contributed by atoms with van der Waals surface area (Å²) in [5, 5.41) is 3.95. The number of quaternary nitrogens is 1. The normalized spacial score (nSPS) is 17.4. The van der Waals surface area contributed by atoms with Crippen LogP contribution in [0.5, 0.6) is 0 Å². The maximum absolute atomic E-state index is 3.77. The van der Waals surface area contributed by atoms with Crippen molar-refractivity contribution in [2.75, 3.05) is 0 Å². The molecule has 1 aliphatic rings. The summed E-state index contributed by atoms with van der Waals surface area (Å²) < 4.78 is 0. The van der Waals surface area contributed by atoms with Gasteiger partial charge in [0, 0.05) is 22.9 Å². The van der Waals surface area contributed by atoms with Crippen LogP contribution >= 0.6 is 0 Å². The summed E-state index contributed by atoms with van der Waals surface area (Å²) in [6.45, 7) is 2.32. The largest absolute Gasteiger partial charge is 0.353 e. The lowest BCUT2D eigenvalue weighted by Gasteiger charge is -2.24. The number of aryl methyl sites for hydroxylation is 1. The zero-order valence-corrected chi connectivity index (χ0v) is 16.4. The lowest BCUT2D eigenvalue weighted by molar-refractivity contribution is -0.733. The second-order valence-electron chi connectivity index (χ2n) is 8.03. The molecule has 2 nitrogen and oxygen atoms in total. The minimum absolute atomic E-state index is 0.462. The maximum Gasteiger partial charge on any atom is 0.127 e. The topological polar surface area (TPSA) is 32.4 Å². The second kappa shape index (κ2) is 7.29. The monoisotopic (exact) mass is 367 g/mol. The Bertz CT molecular complexity index is 1080. The molecule has 0 spiro atoms. The van der Waals surface area contributed by atoms with Gasteiger partial charge < -0.3 is 10.3 Å². The molecule has 0 saturated heterocycles. The third-order valence-corrected chi connectivity index (χ3v) is 6.21. The van der Waals surface area contributed by atoms with Crippen molar-refractivity contribution in [3.63, 3.8) is 0 Å². The number of aromatic nitrogens is 1. The highest BCUT2D eigenvalue weighted by atomic mass is 15.0. The summed E-state index contributed by atoms with van der Waals surface area (Å²) in [7, 11) is 0. The zero-order valence-electron chi connectivity index (χ0n) is 16.4. The number of aromatic amines is 1. The molecule has 0 fully saturated rings. The van der Waals surface area contributed by atoms with E-state index in [1.54, 1.807) is 0 Å². The van der Waals surface area contributed by atoms with Gasteiger partial charge in [-0.05, 0) is 48.6 Å². The molecule has 1 aliphatic carbocycles. The smallest absolute Gasteiger partial charge is 0.127 e. The van der Waals surface area contributed by atoms with Crippen molar-refractivity contribution in [1.29, 1.82) is 0 Å². The van der Waals surface area contributed by atoms with Gasteiger partial charge >= 0.3 is 0 Å². The second-order valence-corrected chi connectivity index (χ2v) is 8.03. The van der Waals surface area contributed by atoms with Crippen molar-refractivity contribution in [2.24, 2.45) is 0 Å². The number of hydrogen-bond acceptors (Lipinski definition) is 0. The Morgan fingerprint density at radius 1 is 0.893 bits per heavy atom. The van der Waals surface area contributed by atoms with E-state index in [2.05, 4.69) is 96.1 Å². The molecule has 0 amide bonds. The van der Waals surface area contributed by atoms with E-state index in [1.807, 2.05) is 0 Å². The van der Waals surface area contributed by atoms with E-state index in [0.29, 0.717) is 12.1 Å². The molecule has 0 saturated carbocycles. The van der Waals surface area contributed by atoms with Gasteiger partial charge in [-0.15, -0.1) is 0 Å². The number of fused-ring (bicyclic) bond motifs is 3. The van der Waals surface area contributed by atoms with E-state index in [1.165, 1.54) is 58.1 Å². The molecular formula is C26H27N2+. The number of H-pyrrole nitrogens is 1. The molecule has 28 heavy (non-hydrogen) atoms. The molecule has 3 N–H and O–H groups in total. The first-order chi connectivity index (χ1) is 13.8. The molecular weight excluding hydrogens is 340 g/mol. The van der Waals surface area contributed by atoms with Crippen LogP contribution in [0.4, 0.5) is 0 Å². The lowest BCUT2D eigenvalue weighted by Crippen LogP contribution is -2.86. The van der Waals surface area contributed by atoms with E-state index in [0.717, 1.165) is 0 Å². The van der Waals surface area contributed by atoms with Crippen LogP contribution in [0, 0.1) is 0 Å². The van der Waals surface area contributed by atoms with Crippen molar-refractivity contribution >= 4 is 10.9 Å². The molecule has 3 aromatic carbocycles. The van der Waals surface area contributed by atoms with Gasteiger partial charge in [0.15, 0.2) is 0 Å². The first-order valence-corrected chi connectivity index (χ1v) is 10.4. The van der Waals surface area contributed by atoms with Crippen molar-refractivity contribution in [2.45, 2.75) is 38.3 Å². The van der Waals surface area contributed by atoms with E-state index < -0.39 is 0 Å². The number of nitrogens with two attached hydrogens (primary N) is 1. The van der Waals surface area contributed by atoms with Crippen LogP contribution in [0.15, 0.2) is 78.9 Å². The lowest BCUT2D eigenvalue weighted by atomic mass is 9.90. The van der Waals surface area contributed by atoms with Crippen molar-refractivity contribution < 1.29 is 5.32 Å². The van der Waals surface area contributed by atoms with Crippen LogP contribution in [-0.4, -0.2) is 4.98 Å². The standard InChI is InChI=1S/C26H26N2/c1-18(19-9-4-2-5-10-19)27-25-14-8-13-22-23-17-21(20-11-6-3-7-12-20)15-16-24(23)28-26(22)25/h2-7,9-12,15-18,25,27-28H,8,13-14H2,1H3/p+1/t18-,25+/m0/s1. The van der Waals surface area contributed by atoms with Crippen LogP contribution in [-0.2, 0) is 6.42 Å². The van der Waals surface area contributed by atoms with Gasteiger partial charge in [0.2, 0.25) is 0 Å². The predicted molar refractivity (Wildman–Crippen MR) is 116 cm³/mol. The Morgan fingerprint density at radius 3 is 2.43 bits per heavy atom. The fourth-order valence-electron chi connectivity index (χ4n) is 4.72. The van der Waals surface area contributed by atoms with E-state index >= 15 is 0 Å². The average molecular weight is 368 g/mol. The summed E-state index contributed by atoms with van der Waals surface area (Å²) in [6, 6.07) is 29.4. The van der Waals surface area contributed by atoms with Gasteiger partial charge in [0.05, 0.1) is 5.69 Å². The summed E-state index contributed by atoms with van der Waals surface area (Å²) in [4.78, 5) is 3.77. The number of nitrogens with one attached hydrogen (secondary N) is 1. The van der Waals surface area contributed by atoms with Gasteiger partial charge in [-0.1, -0.05) is 66.7 Å². The Labute approximate surface area is 166 Å². The van der Waals surface area contributed by atoms with E-state index in [-0.39, 0.29) is 0 Å². The minimum atomic E-state index is 0.462. The van der Waals surface area contributed by atoms with Gasteiger partial charge in [-0.2, -0.15) is 0 Å². The first kappa shape index (κ1) is 17.3. The Morgan fingerprint density at radius 2 is 1.64 bits per heavy atom. The Kier molecular flexibility index (Phi) is 4.50. The van der Waals surface area contributed by atoms with E-state index in [9.17, 15) is 0 Å². The van der Waals surface area contributed by atoms with Crippen LogP contribution in [0.2, 0.25) is 0 Å². The molecule has 2 atom stereocenters. The first-order valence-electron chi connectivity index (χ1n) is 10.4. The summed E-state index contributed by atoms with van der Waals surface area (Å²) in [6.07, 6.45) is 3.68. The molecule has 2 heteroatoms. The molecule has 5 rings (SSSR count). The van der Waals surface area contributed by atoms with Crippen LogP contribution in [0.25, 0.3) is 22.0 Å². The molecule has 1 heterocycles. The fraction of sp³-hybridized carbons (Fsp3) is 0.231. The molecule has 1 aromatic heterocycles. The highest BCUT2D eigenvalue weighted by molar-refractivity contribution is 5.89. The Balaban J connectivity index is 1.49. The van der Waals surface area contributed by atoms with Crippen LogP contribution in [0.3, 0.4) is 0 Å². The quantitative estimate of drug-likeness (QED) is 0.475. The molecule has 140 valence electrons. The third-order valence-electron chi connectivity index (χ3n) is 6.21. The van der Waals surface area contributed by atoms with Crippen LogP contribution in [0.1, 0.15) is 48.7 Å². The Hall–Kier alpha value is -2.84.